The summed E-state index contributed by atoms with van der Waals surface area (Å²) < 4.78 is 7.02. The molecule has 0 aliphatic heterocycles. The molecule has 322 valence electrons. The lowest BCUT2D eigenvalue weighted by Crippen LogP contribution is -2.09. The van der Waals surface area contributed by atoms with E-state index in [0.29, 0.717) is 0 Å². The molecule has 6 aromatic heterocycles. The van der Waals surface area contributed by atoms with Crippen molar-refractivity contribution in [1.29, 1.82) is 0 Å². The Balaban J connectivity index is 0.836. The van der Waals surface area contributed by atoms with Crippen LogP contribution in [0.2, 0.25) is 0 Å². The van der Waals surface area contributed by atoms with Gasteiger partial charge in [-0.05, 0) is 148 Å². The van der Waals surface area contributed by atoms with Gasteiger partial charge in [0.05, 0.1) is 53.5 Å². The summed E-state index contributed by atoms with van der Waals surface area (Å²) in [6.45, 7) is 0. The second-order valence-corrected chi connectivity index (χ2v) is 19.6. The molecule has 7 nitrogen and oxygen atoms in total. The molecule has 0 saturated heterocycles. The summed E-state index contributed by atoms with van der Waals surface area (Å²) >= 11 is 3.46. The maximum Gasteiger partial charge on any atom is 0.195 e. The summed E-state index contributed by atoms with van der Waals surface area (Å²) in [6.07, 6.45) is 3.73. The lowest BCUT2D eigenvalue weighted by atomic mass is 9.95. The first kappa shape index (κ1) is 38.4. The molecule has 0 radical (unpaired) electrons. The summed E-state index contributed by atoms with van der Waals surface area (Å²) in [5.41, 5.74) is 18.6. The zero-order valence-corrected chi connectivity index (χ0v) is 38.3. The number of hydrogen-bond donors (Lipinski definition) is 0. The van der Waals surface area contributed by atoms with E-state index < -0.39 is 0 Å². The normalized spacial score (nSPS) is 12.1. The standard InChI is InChI=1S/C60H35N7S2/c1-3-11-51-48(9-1)63-59-66(51)53-34-40(20-27-55(53)68-59)36-15-22-44(23-16-36)65(45-24-17-37(18-25-45)41-21-28-56-54(35-41)67-52-12-4-2-10-49(52)64-60(67)69-56)46-26-19-38-31-42(14-13-39(38)32-46)57-47-8-6-29-61-50(47)33-43-7-5-30-62-58(43)57/h1-35H. The molecule has 0 unspecified atom stereocenters. The van der Waals surface area contributed by atoms with E-state index in [1.807, 2.05) is 24.5 Å². The zero-order valence-electron chi connectivity index (χ0n) is 36.7. The van der Waals surface area contributed by atoms with Crippen LogP contribution in [-0.2, 0) is 0 Å². The Bertz CT molecular complexity index is 4320. The number of imidazole rings is 2. The average Bonchev–Trinajstić information content (AvgIpc) is 4.16. The second kappa shape index (κ2) is 14.9. The molecule has 15 aromatic rings. The van der Waals surface area contributed by atoms with Crippen LogP contribution in [-0.4, -0.2) is 28.7 Å². The van der Waals surface area contributed by atoms with Crippen molar-refractivity contribution in [3.05, 3.63) is 213 Å². The van der Waals surface area contributed by atoms with Crippen molar-refractivity contribution in [2.45, 2.75) is 0 Å². The molecular weight excluding hydrogens is 883 g/mol. The molecular formula is C60H35N7S2. The number of thiazole rings is 2. The second-order valence-electron chi connectivity index (χ2n) is 17.6. The summed E-state index contributed by atoms with van der Waals surface area (Å²) in [5.74, 6) is 0. The highest BCUT2D eigenvalue weighted by Crippen LogP contribution is 2.42. The number of para-hydroxylation sites is 4. The summed E-state index contributed by atoms with van der Waals surface area (Å²) in [4.78, 5) is 23.8. The number of rotatable bonds is 6. The fourth-order valence-corrected chi connectivity index (χ4v) is 12.4. The Hall–Kier alpha value is -8.76. The van der Waals surface area contributed by atoms with Crippen LogP contribution in [0.25, 0.3) is 118 Å². The van der Waals surface area contributed by atoms with Gasteiger partial charge in [0.15, 0.2) is 9.92 Å². The van der Waals surface area contributed by atoms with Gasteiger partial charge >= 0.3 is 0 Å². The lowest BCUT2D eigenvalue weighted by molar-refractivity contribution is 1.29. The number of benzene rings is 9. The van der Waals surface area contributed by atoms with Gasteiger partial charge < -0.3 is 4.90 Å². The van der Waals surface area contributed by atoms with E-state index in [9.17, 15) is 0 Å². The van der Waals surface area contributed by atoms with Crippen molar-refractivity contribution in [3.63, 3.8) is 0 Å². The zero-order chi connectivity index (χ0) is 45.2. The molecule has 9 aromatic carbocycles. The van der Waals surface area contributed by atoms with E-state index >= 15 is 0 Å². The molecule has 0 saturated carbocycles. The maximum atomic E-state index is 4.92. The van der Waals surface area contributed by atoms with Gasteiger partial charge in [0, 0.05) is 45.8 Å². The maximum absolute atomic E-state index is 4.92. The van der Waals surface area contributed by atoms with E-state index in [0.717, 1.165) is 115 Å². The van der Waals surface area contributed by atoms with E-state index in [1.165, 1.54) is 20.4 Å². The molecule has 6 heterocycles. The van der Waals surface area contributed by atoms with Gasteiger partial charge in [-0.2, -0.15) is 0 Å². The Labute approximate surface area is 402 Å². The van der Waals surface area contributed by atoms with Gasteiger partial charge in [-0.3, -0.25) is 18.8 Å². The molecule has 0 fully saturated rings. The summed E-state index contributed by atoms with van der Waals surface area (Å²) in [6, 6.07) is 72.2. The minimum Gasteiger partial charge on any atom is -0.310 e. The summed E-state index contributed by atoms with van der Waals surface area (Å²) in [5, 5.41) is 4.47. The van der Waals surface area contributed by atoms with Gasteiger partial charge in [0.25, 0.3) is 0 Å². The number of pyridine rings is 2. The van der Waals surface area contributed by atoms with Crippen molar-refractivity contribution in [3.8, 4) is 33.4 Å². The van der Waals surface area contributed by atoms with Crippen LogP contribution in [0.1, 0.15) is 0 Å². The highest BCUT2D eigenvalue weighted by molar-refractivity contribution is 7.24. The van der Waals surface area contributed by atoms with Gasteiger partial charge in [-0.25, -0.2) is 9.97 Å². The number of anilines is 3. The Morgan fingerprint density at radius 1 is 0.362 bits per heavy atom. The van der Waals surface area contributed by atoms with Gasteiger partial charge in [0.2, 0.25) is 0 Å². The molecule has 0 spiro atoms. The van der Waals surface area contributed by atoms with Crippen LogP contribution >= 0.6 is 22.7 Å². The molecule has 0 amide bonds. The third-order valence-electron chi connectivity index (χ3n) is 13.6. The third-order valence-corrected chi connectivity index (χ3v) is 15.7. The van der Waals surface area contributed by atoms with Crippen LogP contribution in [0.4, 0.5) is 17.1 Å². The SMILES string of the molecule is c1cnc2c(-c3ccc4cc(N(c5ccc(-c6ccc7sc8nc9ccccc9n8c7c6)cc5)c5ccc(-c6ccc7sc8nc9ccccc9n8c7c6)cc5)ccc4c3)c3cccnc3cc2c1. The minimum absolute atomic E-state index is 0.961. The fourth-order valence-electron chi connectivity index (χ4n) is 10.4. The minimum atomic E-state index is 0.961. The van der Waals surface area contributed by atoms with Crippen LogP contribution in [0.15, 0.2) is 213 Å². The largest absolute Gasteiger partial charge is 0.310 e. The highest BCUT2D eigenvalue weighted by atomic mass is 32.1. The van der Waals surface area contributed by atoms with Crippen molar-refractivity contribution < 1.29 is 0 Å². The smallest absolute Gasteiger partial charge is 0.195 e. The first-order chi connectivity index (χ1) is 34.1. The van der Waals surface area contributed by atoms with Crippen molar-refractivity contribution in [2.24, 2.45) is 0 Å². The fraction of sp³-hybridized carbons (Fsp3) is 0. The monoisotopic (exact) mass is 917 g/mol. The van der Waals surface area contributed by atoms with Crippen LogP contribution in [0.5, 0.6) is 0 Å². The topological polar surface area (TPSA) is 63.6 Å². The van der Waals surface area contributed by atoms with E-state index in [2.05, 4.69) is 202 Å². The average molecular weight is 918 g/mol. The number of aromatic nitrogens is 6. The Morgan fingerprint density at radius 3 is 1.55 bits per heavy atom. The first-order valence-corrected chi connectivity index (χ1v) is 24.6. The highest BCUT2D eigenvalue weighted by Gasteiger charge is 2.18. The number of fused-ring (bicyclic) bond motifs is 13. The van der Waals surface area contributed by atoms with E-state index in [-0.39, 0.29) is 0 Å². The van der Waals surface area contributed by atoms with Crippen molar-refractivity contribution in [2.75, 3.05) is 4.90 Å². The van der Waals surface area contributed by atoms with Gasteiger partial charge in [-0.15, -0.1) is 0 Å². The molecule has 69 heavy (non-hydrogen) atoms. The van der Waals surface area contributed by atoms with Crippen LogP contribution < -0.4 is 4.90 Å². The molecule has 0 aliphatic carbocycles. The number of hydrogen-bond acceptors (Lipinski definition) is 7. The summed E-state index contributed by atoms with van der Waals surface area (Å²) in [7, 11) is 0. The Morgan fingerprint density at radius 2 is 0.899 bits per heavy atom. The quantitative estimate of drug-likeness (QED) is 0.156. The molecule has 0 bridgehead atoms. The molecule has 9 heteroatoms. The Kier molecular flexibility index (Phi) is 8.27. The van der Waals surface area contributed by atoms with Crippen molar-refractivity contribution >= 4 is 125 Å². The molecule has 15 rings (SSSR count). The first-order valence-electron chi connectivity index (χ1n) is 22.9. The van der Waals surface area contributed by atoms with Gasteiger partial charge in [-0.1, -0.05) is 114 Å². The predicted molar refractivity (Wildman–Crippen MR) is 289 cm³/mol. The van der Waals surface area contributed by atoms with Crippen LogP contribution in [0, 0.1) is 0 Å². The third kappa shape index (κ3) is 6.04. The molecule has 0 atom stereocenters. The predicted octanol–water partition coefficient (Wildman–Crippen LogP) is 16.4. The van der Waals surface area contributed by atoms with Crippen molar-refractivity contribution in [1.82, 2.24) is 28.7 Å². The lowest BCUT2D eigenvalue weighted by Gasteiger charge is -2.26. The number of nitrogens with zero attached hydrogens (tertiary/aromatic N) is 7. The van der Waals surface area contributed by atoms with E-state index in [4.69, 9.17) is 19.9 Å². The van der Waals surface area contributed by atoms with E-state index in [1.54, 1.807) is 22.7 Å². The molecule has 0 aliphatic rings. The van der Waals surface area contributed by atoms with Gasteiger partial charge in [0.1, 0.15) is 0 Å². The molecule has 0 N–H and O–H groups in total. The van der Waals surface area contributed by atoms with Crippen LogP contribution in [0.3, 0.4) is 0 Å².